The number of amides is 1. The number of β-amino-alcohol motifs (C(OH)–C–C–N with tert-alkyl or cyclic N) is 1. The lowest BCUT2D eigenvalue weighted by Gasteiger charge is -2.38. The molecule has 0 aromatic heterocycles. The van der Waals surface area contributed by atoms with E-state index in [1.807, 2.05) is 42.2 Å². The second-order valence-electron chi connectivity index (χ2n) is 5.65. The Balaban J connectivity index is 1.88. The number of likely N-dealkylation sites (N-methyl/N-ethyl adjacent to an activating group) is 1. The van der Waals surface area contributed by atoms with Gasteiger partial charge in [-0.25, -0.2) is 4.79 Å². The van der Waals surface area contributed by atoms with Crippen LogP contribution in [0.3, 0.4) is 0 Å². The SMILES string of the molecule is CCN(C(=O)OCc1ccccc1)[C@@H]1CCCN(CCO)C1. The number of hydrogen-bond donors (Lipinski definition) is 1. The number of rotatable bonds is 6. The zero-order chi connectivity index (χ0) is 15.8. The quantitative estimate of drug-likeness (QED) is 0.874. The van der Waals surface area contributed by atoms with E-state index >= 15 is 0 Å². The largest absolute Gasteiger partial charge is 0.445 e. The fourth-order valence-corrected chi connectivity index (χ4v) is 2.97. The van der Waals surface area contributed by atoms with Crippen LogP contribution in [0.25, 0.3) is 0 Å². The highest BCUT2D eigenvalue weighted by atomic mass is 16.6. The Hall–Kier alpha value is -1.59. The van der Waals surface area contributed by atoms with Gasteiger partial charge in [0.25, 0.3) is 0 Å². The number of likely N-dealkylation sites (tertiary alicyclic amines) is 1. The molecule has 1 aliphatic rings. The molecular weight excluding hydrogens is 280 g/mol. The van der Waals surface area contributed by atoms with Crippen molar-refractivity contribution in [2.45, 2.75) is 32.4 Å². The van der Waals surface area contributed by atoms with Crippen molar-refractivity contribution in [1.82, 2.24) is 9.80 Å². The summed E-state index contributed by atoms with van der Waals surface area (Å²) in [5.74, 6) is 0. The molecule has 0 spiro atoms. The lowest BCUT2D eigenvalue weighted by atomic mass is 10.0. The molecule has 122 valence electrons. The van der Waals surface area contributed by atoms with Gasteiger partial charge in [0.2, 0.25) is 0 Å². The molecule has 1 N–H and O–H groups in total. The number of hydrogen-bond acceptors (Lipinski definition) is 4. The second kappa shape index (κ2) is 8.76. The Morgan fingerprint density at radius 1 is 1.41 bits per heavy atom. The van der Waals surface area contributed by atoms with Crippen LogP contribution in [-0.2, 0) is 11.3 Å². The van der Waals surface area contributed by atoms with E-state index in [1.165, 1.54) is 0 Å². The van der Waals surface area contributed by atoms with E-state index in [0.717, 1.165) is 31.5 Å². The van der Waals surface area contributed by atoms with Gasteiger partial charge in [0.05, 0.1) is 6.61 Å². The average Bonchev–Trinajstić information content (AvgIpc) is 2.55. The number of nitrogens with zero attached hydrogens (tertiary/aromatic N) is 2. The zero-order valence-electron chi connectivity index (χ0n) is 13.3. The molecule has 1 amide bonds. The van der Waals surface area contributed by atoms with E-state index in [4.69, 9.17) is 9.84 Å². The Morgan fingerprint density at radius 3 is 2.86 bits per heavy atom. The third-order valence-corrected chi connectivity index (χ3v) is 4.12. The molecule has 0 aliphatic carbocycles. The minimum Gasteiger partial charge on any atom is -0.445 e. The maximum atomic E-state index is 12.3. The summed E-state index contributed by atoms with van der Waals surface area (Å²) in [6.45, 7) is 5.58. The Bertz CT molecular complexity index is 450. The monoisotopic (exact) mass is 306 g/mol. The summed E-state index contributed by atoms with van der Waals surface area (Å²) in [4.78, 5) is 16.4. The first-order valence-electron chi connectivity index (χ1n) is 8.05. The molecule has 0 bridgehead atoms. The third-order valence-electron chi connectivity index (χ3n) is 4.12. The standard InChI is InChI=1S/C17H26N2O3/c1-2-19(16-9-6-10-18(13-16)11-12-20)17(21)22-14-15-7-4-3-5-8-15/h3-5,7-8,16,20H,2,6,9-14H2,1H3/t16-/m1/s1. The summed E-state index contributed by atoms with van der Waals surface area (Å²) in [6, 6.07) is 9.90. The number of carbonyl (C=O) groups is 1. The Morgan fingerprint density at radius 2 is 2.18 bits per heavy atom. The molecule has 1 atom stereocenters. The van der Waals surface area contributed by atoms with Crippen molar-refractivity contribution in [1.29, 1.82) is 0 Å². The number of benzene rings is 1. The first-order valence-corrected chi connectivity index (χ1v) is 8.05. The number of piperidine rings is 1. The summed E-state index contributed by atoms with van der Waals surface area (Å²) in [7, 11) is 0. The number of carbonyl (C=O) groups excluding carboxylic acids is 1. The zero-order valence-corrected chi connectivity index (χ0v) is 13.3. The molecule has 1 aliphatic heterocycles. The maximum Gasteiger partial charge on any atom is 0.410 e. The highest BCUT2D eigenvalue weighted by Gasteiger charge is 2.28. The first-order chi connectivity index (χ1) is 10.7. The van der Waals surface area contributed by atoms with Crippen molar-refractivity contribution in [3.8, 4) is 0 Å². The minimum atomic E-state index is -0.248. The average molecular weight is 306 g/mol. The topological polar surface area (TPSA) is 53.0 Å². The van der Waals surface area contributed by atoms with Crippen LogP contribution in [0.5, 0.6) is 0 Å². The molecule has 0 radical (unpaired) electrons. The van der Waals surface area contributed by atoms with Gasteiger partial charge in [0.1, 0.15) is 6.61 Å². The first kappa shape index (κ1) is 16.8. The number of ether oxygens (including phenoxy) is 1. The van der Waals surface area contributed by atoms with E-state index in [9.17, 15) is 4.79 Å². The van der Waals surface area contributed by atoms with Crippen LogP contribution >= 0.6 is 0 Å². The van der Waals surface area contributed by atoms with Crippen molar-refractivity contribution in [2.75, 3.05) is 32.8 Å². The molecule has 1 heterocycles. The second-order valence-corrected chi connectivity index (χ2v) is 5.65. The molecule has 1 aromatic carbocycles. The van der Waals surface area contributed by atoms with Crippen LogP contribution in [0.15, 0.2) is 30.3 Å². The van der Waals surface area contributed by atoms with Gasteiger partial charge in [-0.05, 0) is 31.9 Å². The van der Waals surface area contributed by atoms with Gasteiger partial charge in [0.15, 0.2) is 0 Å². The van der Waals surface area contributed by atoms with E-state index in [1.54, 1.807) is 0 Å². The normalized spacial score (nSPS) is 18.9. The van der Waals surface area contributed by atoms with Crippen molar-refractivity contribution >= 4 is 6.09 Å². The van der Waals surface area contributed by atoms with Crippen molar-refractivity contribution in [3.63, 3.8) is 0 Å². The molecule has 2 rings (SSSR count). The van der Waals surface area contributed by atoms with E-state index < -0.39 is 0 Å². The molecular formula is C17H26N2O3. The fourth-order valence-electron chi connectivity index (χ4n) is 2.97. The molecule has 5 heteroatoms. The molecule has 1 fully saturated rings. The summed E-state index contributed by atoms with van der Waals surface area (Å²) in [6.07, 6.45) is 1.80. The van der Waals surface area contributed by atoms with Crippen molar-refractivity contribution in [2.24, 2.45) is 0 Å². The van der Waals surface area contributed by atoms with Crippen LogP contribution in [0.4, 0.5) is 4.79 Å². The van der Waals surface area contributed by atoms with Gasteiger partial charge in [-0.1, -0.05) is 30.3 Å². The molecule has 1 saturated heterocycles. The smallest absolute Gasteiger partial charge is 0.410 e. The van der Waals surface area contributed by atoms with Gasteiger partial charge in [-0.3, -0.25) is 4.90 Å². The van der Waals surface area contributed by atoms with Gasteiger partial charge in [-0.2, -0.15) is 0 Å². The van der Waals surface area contributed by atoms with Crippen LogP contribution in [-0.4, -0.2) is 59.8 Å². The van der Waals surface area contributed by atoms with Gasteiger partial charge in [0, 0.05) is 25.7 Å². The Kier molecular flexibility index (Phi) is 6.68. The fraction of sp³-hybridized carbons (Fsp3) is 0.588. The van der Waals surface area contributed by atoms with Gasteiger partial charge < -0.3 is 14.7 Å². The van der Waals surface area contributed by atoms with E-state index in [-0.39, 0.29) is 18.7 Å². The van der Waals surface area contributed by atoms with E-state index in [2.05, 4.69) is 4.90 Å². The van der Waals surface area contributed by atoms with E-state index in [0.29, 0.717) is 19.7 Å². The summed E-state index contributed by atoms with van der Waals surface area (Å²) in [5, 5.41) is 9.07. The molecule has 1 aromatic rings. The molecule has 0 unspecified atom stereocenters. The van der Waals surface area contributed by atoms with Crippen LogP contribution in [0, 0.1) is 0 Å². The van der Waals surface area contributed by atoms with Gasteiger partial charge in [-0.15, -0.1) is 0 Å². The third kappa shape index (κ3) is 4.71. The highest BCUT2D eigenvalue weighted by molar-refractivity contribution is 5.68. The highest BCUT2D eigenvalue weighted by Crippen LogP contribution is 2.17. The lowest BCUT2D eigenvalue weighted by Crippen LogP contribution is -2.50. The Labute approximate surface area is 132 Å². The molecule has 0 saturated carbocycles. The minimum absolute atomic E-state index is 0.164. The van der Waals surface area contributed by atoms with Crippen LogP contribution < -0.4 is 0 Å². The number of aliphatic hydroxyl groups is 1. The van der Waals surface area contributed by atoms with Gasteiger partial charge >= 0.3 is 6.09 Å². The van der Waals surface area contributed by atoms with Crippen molar-refractivity contribution in [3.05, 3.63) is 35.9 Å². The van der Waals surface area contributed by atoms with Crippen LogP contribution in [0.2, 0.25) is 0 Å². The van der Waals surface area contributed by atoms with Crippen molar-refractivity contribution < 1.29 is 14.6 Å². The summed E-state index contributed by atoms with van der Waals surface area (Å²) < 4.78 is 5.45. The lowest BCUT2D eigenvalue weighted by molar-refractivity contribution is 0.0549. The predicted molar refractivity (Wildman–Crippen MR) is 85.6 cm³/mol. The molecule has 22 heavy (non-hydrogen) atoms. The maximum absolute atomic E-state index is 12.3. The molecule has 5 nitrogen and oxygen atoms in total. The van der Waals surface area contributed by atoms with Crippen LogP contribution in [0.1, 0.15) is 25.3 Å². The summed E-state index contributed by atoms with van der Waals surface area (Å²) in [5.41, 5.74) is 0.998. The number of aliphatic hydroxyl groups excluding tert-OH is 1. The predicted octanol–water partition coefficient (Wildman–Crippen LogP) is 2.10. The summed E-state index contributed by atoms with van der Waals surface area (Å²) >= 11 is 0.